The molecule has 84 valence electrons. The number of hydrogen-bond acceptors (Lipinski definition) is 1. The van der Waals surface area contributed by atoms with Gasteiger partial charge in [0.15, 0.2) is 0 Å². The van der Waals surface area contributed by atoms with Crippen molar-refractivity contribution < 1.29 is 0 Å². The minimum atomic E-state index is 0.232. The van der Waals surface area contributed by atoms with E-state index in [1.807, 2.05) is 0 Å². The highest BCUT2D eigenvalue weighted by atomic mass is 14.9. The van der Waals surface area contributed by atoms with Gasteiger partial charge in [-0.05, 0) is 50.8 Å². The van der Waals surface area contributed by atoms with Crippen molar-refractivity contribution in [1.82, 2.24) is 5.32 Å². The van der Waals surface area contributed by atoms with Crippen molar-refractivity contribution in [2.24, 2.45) is 0 Å². The standard InChI is InChI=1S/C14H23N/c1-6-14(4,5)15-10-13-9-7-8-11(2)12(13)3/h7-9,15H,6,10H2,1-5H3. The summed E-state index contributed by atoms with van der Waals surface area (Å²) in [6.07, 6.45) is 1.15. The fourth-order valence-electron chi connectivity index (χ4n) is 1.46. The largest absolute Gasteiger partial charge is 0.308 e. The first-order chi connectivity index (χ1) is 6.96. The molecular formula is C14H23N. The van der Waals surface area contributed by atoms with Crippen molar-refractivity contribution in [2.75, 3.05) is 0 Å². The van der Waals surface area contributed by atoms with E-state index >= 15 is 0 Å². The molecule has 0 spiro atoms. The summed E-state index contributed by atoms with van der Waals surface area (Å²) in [5, 5.41) is 3.59. The summed E-state index contributed by atoms with van der Waals surface area (Å²) in [7, 11) is 0. The zero-order chi connectivity index (χ0) is 11.5. The summed E-state index contributed by atoms with van der Waals surface area (Å²) in [5.74, 6) is 0. The van der Waals surface area contributed by atoms with Crippen LogP contribution in [0.4, 0.5) is 0 Å². The Morgan fingerprint density at radius 3 is 2.47 bits per heavy atom. The molecule has 0 amide bonds. The number of rotatable bonds is 4. The van der Waals surface area contributed by atoms with Gasteiger partial charge in [-0.3, -0.25) is 0 Å². The summed E-state index contributed by atoms with van der Waals surface area (Å²) >= 11 is 0. The number of aryl methyl sites for hydroxylation is 1. The van der Waals surface area contributed by atoms with Crippen LogP contribution in [0.1, 0.15) is 43.9 Å². The molecule has 0 unspecified atom stereocenters. The molecule has 0 atom stereocenters. The molecule has 0 aliphatic heterocycles. The first kappa shape index (κ1) is 12.3. The second-order valence-corrected chi connectivity index (χ2v) is 4.95. The van der Waals surface area contributed by atoms with E-state index in [-0.39, 0.29) is 5.54 Å². The number of benzene rings is 1. The molecule has 0 saturated carbocycles. The van der Waals surface area contributed by atoms with Gasteiger partial charge in [0, 0.05) is 12.1 Å². The van der Waals surface area contributed by atoms with Gasteiger partial charge in [0.05, 0.1) is 0 Å². The van der Waals surface area contributed by atoms with Crippen molar-refractivity contribution in [1.29, 1.82) is 0 Å². The van der Waals surface area contributed by atoms with Gasteiger partial charge in [0.1, 0.15) is 0 Å². The topological polar surface area (TPSA) is 12.0 Å². The molecule has 0 fully saturated rings. The predicted molar refractivity (Wildman–Crippen MR) is 67.1 cm³/mol. The van der Waals surface area contributed by atoms with E-state index in [4.69, 9.17) is 0 Å². The molecule has 1 N–H and O–H groups in total. The van der Waals surface area contributed by atoms with Gasteiger partial charge in [-0.1, -0.05) is 25.1 Å². The fraction of sp³-hybridized carbons (Fsp3) is 0.571. The van der Waals surface area contributed by atoms with E-state index in [9.17, 15) is 0 Å². The van der Waals surface area contributed by atoms with Gasteiger partial charge in [0.25, 0.3) is 0 Å². The smallest absolute Gasteiger partial charge is 0.0213 e. The molecule has 15 heavy (non-hydrogen) atoms. The van der Waals surface area contributed by atoms with Crippen molar-refractivity contribution in [3.8, 4) is 0 Å². The zero-order valence-corrected chi connectivity index (χ0v) is 10.6. The Morgan fingerprint density at radius 1 is 1.20 bits per heavy atom. The maximum absolute atomic E-state index is 3.59. The first-order valence-electron chi connectivity index (χ1n) is 5.76. The third kappa shape index (κ3) is 3.35. The minimum Gasteiger partial charge on any atom is -0.308 e. The molecule has 0 saturated heterocycles. The van der Waals surface area contributed by atoms with Crippen LogP contribution in [0.2, 0.25) is 0 Å². The SMILES string of the molecule is CCC(C)(C)NCc1cccc(C)c1C. The summed E-state index contributed by atoms with van der Waals surface area (Å²) in [4.78, 5) is 0. The van der Waals surface area contributed by atoms with Gasteiger partial charge in [-0.15, -0.1) is 0 Å². The molecule has 0 aromatic heterocycles. The molecule has 0 aliphatic carbocycles. The van der Waals surface area contributed by atoms with E-state index in [0.717, 1.165) is 13.0 Å². The van der Waals surface area contributed by atoms with E-state index in [1.54, 1.807) is 0 Å². The average Bonchev–Trinajstić information content (AvgIpc) is 2.20. The van der Waals surface area contributed by atoms with Crippen molar-refractivity contribution in [3.63, 3.8) is 0 Å². The average molecular weight is 205 g/mol. The lowest BCUT2D eigenvalue weighted by molar-refractivity contribution is 0.374. The predicted octanol–water partition coefficient (Wildman–Crippen LogP) is 3.58. The summed E-state index contributed by atoms with van der Waals surface area (Å²) < 4.78 is 0. The van der Waals surface area contributed by atoms with Gasteiger partial charge in [0.2, 0.25) is 0 Å². The van der Waals surface area contributed by atoms with Crippen LogP contribution in [-0.4, -0.2) is 5.54 Å². The summed E-state index contributed by atoms with van der Waals surface area (Å²) in [6.45, 7) is 12.1. The molecule has 1 heteroatoms. The van der Waals surface area contributed by atoms with Gasteiger partial charge >= 0.3 is 0 Å². The van der Waals surface area contributed by atoms with Crippen LogP contribution < -0.4 is 5.32 Å². The van der Waals surface area contributed by atoms with Crippen molar-refractivity contribution in [3.05, 3.63) is 34.9 Å². The number of nitrogens with one attached hydrogen (secondary N) is 1. The minimum absolute atomic E-state index is 0.232. The summed E-state index contributed by atoms with van der Waals surface area (Å²) in [6, 6.07) is 6.52. The molecule has 1 rings (SSSR count). The van der Waals surface area contributed by atoms with Crippen molar-refractivity contribution >= 4 is 0 Å². The van der Waals surface area contributed by atoms with E-state index in [1.165, 1.54) is 16.7 Å². The van der Waals surface area contributed by atoms with Crippen LogP contribution in [0.3, 0.4) is 0 Å². The molecule has 0 bridgehead atoms. The second-order valence-electron chi connectivity index (χ2n) is 4.95. The lowest BCUT2D eigenvalue weighted by Crippen LogP contribution is -2.37. The third-order valence-corrected chi connectivity index (χ3v) is 3.36. The Hall–Kier alpha value is -0.820. The monoisotopic (exact) mass is 205 g/mol. The van der Waals surface area contributed by atoms with Crippen LogP contribution >= 0.6 is 0 Å². The first-order valence-corrected chi connectivity index (χ1v) is 5.76. The van der Waals surface area contributed by atoms with Gasteiger partial charge in [-0.25, -0.2) is 0 Å². The Labute approximate surface area is 93.9 Å². The lowest BCUT2D eigenvalue weighted by atomic mass is 9.99. The van der Waals surface area contributed by atoms with E-state index < -0.39 is 0 Å². The fourth-order valence-corrected chi connectivity index (χ4v) is 1.46. The maximum atomic E-state index is 3.59. The normalized spacial score (nSPS) is 11.8. The highest BCUT2D eigenvalue weighted by Gasteiger charge is 2.13. The van der Waals surface area contributed by atoms with Gasteiger partial charge < -0.3 is 5.32 Å². The molecule has 0 aliphatic rings. The molecule has 1 aromatic rings. The Morgan fingerprint density at radius 2 is 1.87 bits per heavy atom. The Kier molecular flexibility index (Phi) is 3.92. The van der Waals surface area contributed by atoms with Crippen LogP contribution in [-0.2, 0) is 6.54 Å². The van der Waals surface area contributed by atoms with Gasteiger partial charge in [-0.2, -0.15) is 0 Å². The Balaban J connectivity index is 2.70. The molecule has 1 nitrogen and oxygen atoms in total. The third-order valence-electron chi connectivity index (χ3n) is 3.36. The second kappa shape index (κ2) is 4.80. The quantitative estimate of drug-likeness (QED) is 0.792. The molecule has 1 aromatic carbocycles. The molecular weight excluding hydrogens is 182 g/mol. The van der Waals surface area contributed by atoms with E-state index in [0.29, 0.717) is 0 Å². The summed E-state index contributed by atoms with van der Waals surface area (Å²) in [5.41, 5.74) is 4.44. The van der Waals surface area contributed by atoms with Crippen molar-refractivity contribution in [2.45, 2.75) is 53.1 Å². The Bertz CT molecular complexity index is 326. The highest BCUT2D eigenvalue weighted by Crippen LogP contribution is 2.14. The highest BCUT2D eigenvalue weighted by molar-refractivity contribution is 5.33. The number of hydrogen-bond donors (Lipinski definition) is 1. The van der Waals surface area contributed by atoms with Crippen LogP contribution in [0.15, 0.2) is 18.2 Å². The maximum Gasteiger partial charge on any atom is 0.0213 e. The van der Waals surface area contributed by atoms with E-state index in [2.05, 4.69) is 58.1 Å². The zero-order valence-electron chi connectivity index (χ0n) is 10.6. The van der Waals surface area contributed by atoms with Crippen LogP contribution in [0.25, 0.3) is 0 Å². The van der Waals surface area contributed by atoms with Crippen LogP contribution in [0.5, 0.6) is 0 Å². The molecule has 0 heterocycles. The van der Waals surface area contributed by atoms with Crippen LogP contribution in [0, 0.1) is 13.8 Å². The molecule has 0 radical (unpaired) electrons. The lowest BCUT2D eigenvalue weighted by Gasteiger charge is -2.25.